The zero-order valence-corrected chi connectivity index (χ0v) is 46.8. The molecular formula is C60H105O11P. The van der Waals surface area contributed by atoms with Gasteiger partial charge in [-0.25, -0.2) is 4.57 Å². The molecule has 0 heterocycles. The van der Waals surface area contributed by atoms with Crippen LogP contribution >= 0.6 is 7.82 Å². The van der Waals surface area contributed by atoms with E-state index in [0.29, 0.717) is 19.3 Å². The highest BCUT2D eigenvalue weighted by Crippen LogP contribution is 2.43. The SMILES string of the molecule is CC/C=C\C/C=C\C/C=C\C/C=C\C/C=C\C/C=C\CCC(=O)OC(COC(=O)CCCCCCCCCCCCCCCCC)COP(=O)(O)OCC(CO)OC(=O)CCCCCCCCCCCCC. The summed E-state index contributed by atoms with van der Waals surface area (Å²) in [5.74, 6) is -1.56. The Morgan fingerprint density at radius 3 is 1.11 bits per heavy atom. The van der Waals surface area contributed by atoms with Crippen LogP contribution in [0.5, 0.6) is 0 Å². The van der Waals surface area contributed by atoms with Gasteiger partial charge in [0.15, 0.2) is 6.10 Å². The maximum Gasteiger partial charge on any atom is 0.472 e. The molecule has 0 spiro atoms. The number of carbonyl (C=O) groups excluding carboxylic acids is 3. The molecule has 0 radical (unpaired) electrons. The van der Waals surface area contributed by atoms with Crippen LogP contribution in [0.1, 0.15) is 252 Å². The number of esters is 3. The van der Waals surface area contributed by atoms with Crippen LogP contribution in [0, 0.1) is 0 Å². The molecule has 3 atom stereocenters. The number of phosphoric ester groups is 1. The molecule has 0 fully saturated rings. The summed E-state index contributed by atoms with van der Waals surface area (Å²) in [6.45, 7) is 4.46. The van der Waals surface area contributed by atoms with E-state index in [4.69, 9.17) is 23.3 Å². The molecule has 0 aliphatic carbocycles. The molecular weight excluding hydrogens is 928 g/mol. The molecule has 0 aromatic carbocycles. The topological polar surface area (TPSA) is 155 Å². The van der Waals surface area contributed by atoms with E-state index in [2.05, 4.69) is 81.5 Å². The van der Waals surface area contributed by atoms with Gasteiger partial charge in [0.05, 0.1) is 19.8 Å². The van der Waals surface area contributed by atoms with E-state index < -0.39 is 57.8 Å². The third-order valence-electron chi connectivity index (χ3n) is 12.2. The van der Waals surface area contributed by atoms with Gasteiger partial charge in [0.25, 0.3) is 0 Å². The fraction of sp³-hybridized carbons (Fsp3) is 0.750. The summed E-state index contributed by atoms with van der Waals surface area (Å²) in [5, 5.41) is 9.79. The number of ether oxygens (including phenoxy) is 3. The fourth-order valence-electron chi connectivity index (χ4n) is 7.79. The van der Waals surface area contributed by atoms with Gasteiger partial charge in [-0.2, -0.15) is 0 Å². The maximum absolute atomic E-state index is 12.9. The van der Waals surface area contributed by atoms with E-state index in [-0.39, 0.29) is 25.9 Å². The molecule has 12 heteroatoms. The van der Waals surface area contributed by atoms with Crippen molar-refractivity contribution in [3.05, 3.63) is 72.9 Å². The molecule has 11 nitrogen and oxygen atoms in total. The number of carbonyl (C=O) groups is 3. The first-order valence-electron chi connectivity index (χ1n) is 28.8. The van der Waals surface area contributed by atoms with Gasteiger partial charge in [0.2, 0.25) is 0 Å². The number of allylic oxidation sites excluding steroid dienone is 12. The van der Waals surface area contributed by atoms with Gasteiger partial charge < -0.3 is 24.2 Å². The first kappa shape index (κ1) is 68.9. The monoisotopic (exact) mass is 1030 g/mol. The Morgan fingerprint density at radius 1 is 0.403 bits per heavy atom. The summed E-state index contributed by atoms with van der Waals surface area (Å²) in [5.41, 5.74) is 0. The van der Waals surface area contributed by atoms with E-state index >= 15 is 0 Å². The summed E-state index contributed by atoms with van der Waals surface area (Å²) in [4.78, 5) is 48.4. The molecule has 0 saturated heterocycles. The van der Waals surface area contributed by atoms with Crippen LogP contribution in [0.3, 0.4) is 0 Å². The second kappa shape index (κ2) is 54.2. The number of rotatable bonds is 53. The van der Waals surface area contributed by atoms with Crippen LogP contribution in [0.15, 0.2) is 72.9 Å². The Labute approximate surface area is 439 Å². The zero-order valence-electron chi connectivity index (χ0n) is 45.9. The average Bonchev–Trinajstić information content (AvgIpc) is 3.37. The summed E-state index contributed by atoms with van der Waals surface area (Å²) < 4.78 is 39.4. The van der Waals surface area contributed by atoms with Crippen molar-refractivity contribution in [1.82, 2.24) is 0 Å². The van der Waals surface area contributed by atoms with E-state index in [1.54, 1.807) is 0 Å². The third kappa shape index (κ3) is 51.8. The summed E-state index contributed by atoms with van der Waals surface area (Å²) in [7, 11) is -4.76. The molecule has 0 aliphatic rings. The number of hydrogen-bond acceptors (Lipinski definition) is 10. The number of unbranched alkanes of at least 4 members (excludes halogenated alkanes) is 24. The normalized spacial score (nSPS) is 13.9. The largest absolute Gasteiger partial charge is 0.472 e. The zero-order chi connectivity index (χ0) is 52.7. The van der Waals surface area contributed by atoms with Crippen LogP contribution in [0.4, 0.5) is 0 Å². The Balaban J connectivity index is 4.83. The Bertz CT molecular complexity index is 1490. The number of phosphoric acid groups is 1. The van der Waals surface area contributed by atoms with Crippen molar-refractivity contribution in [3.63, 3.8) is 0 Å². The highest BCUT2D eigenvalue weighted by Gasteiger charge is 2.28. The van der Waals surface area contributed by atoms with Crippen molar-refractivity contribution in [3.8, 4) is 0 Å². The first-order chi connectivity index (χ1) is 35.2. The lowest BCUT2D eigenvalue weighted by atomic mass is 10.0. The first-order valence-corrected chi connectivity index (χ1v) is 30.3. The van der Waals surface area contributed by atoms with Crippen molar-refractivity contribution in [2.24, 2.45) is 0 Å². The van der Waals surface area contributed by atoms with Crippen molar-refractivity contribution < 1.29 is 52.2 Å². The predicted molar refractivity (Wildman–Crippen MR) is 298 cm³/mol. The Hall–Kier alpha value is -3.08. The second-order valence-electron chi connectivity index (χ2n) is 19.1. The van der Waals surface area contributed by atoms with Crippen molar-refractivity contribution >= 4 is 25.7 Å². The van der Waals surface area contributed by atoms with Crippen LogP contribution in [-0.4, -0.2) is 66.5 Å². The smallest absolute Gasteiger partial charge is 0.462 e. The molecule has 416 valence electrons. The van der Waals surface area contributed by atoms with Gasteiger partial charge in [-0.1, -0.05) is 248 Å². The van der Waals surface area contributed by atoms with Crippen molar-refractivity contribution in [2.45, 2.75) is 264 Å². The van der Waals surface area contributed by atoms with E-state index in [1.807, 2.05) is 12.2 Å². The van der Waals surface area contributed by atoms with Crippen LogP contribution in [0.2, 0.25) is 0 Å². The highest BCUT2D eigenvalue weighted by molar-refractivity contribution is 7.47. The highest BCUT2D eigenvalue weighted by atomic mass is 31.2. The number of aliphatic hydroxyl groups is 1. The fourth-order valence-corrected chi connectivity index (χ4v) is 8.58. The van der Waals surface area contributed by atoms with Crippen LogP contribution < -0.4 is 0 Å². The molecule has 0 bridgehead atoms. The lowest BCUT2D eigenvalue weighted by Gasteiger charge is -2.21. The molecule has 72 heavy (non-hydrogen) atoms. The number of hydrogen-bond donors (Lipinski definition) is 2. The van der Waals surface area contributed by atoms with Gasteiger partial charge in [-0.3, -0.25) is 23.4 Å². The van der Waals surface area contributed by atoms with Gasteiger partial charge >= 0.3 is 25.7 Å². The second-order valence-corrected chi connectivity index (χ2v) is 20.5. The van der Waals surface area contributed by atoms with Gasteiger partial charge in [-0.15, -0.1) is 0 Å². The minimum atomic E-state index is -4.76. The molecule has 3 unspecified atom stereocenters. The minimum Gasteiger partial charge on any atom is -0.462 e. The summed E-state index contributed by atoms with van der Waals surface area (Å²) in [6.07, 6.45) is 60.2. The molecule has 0 amide bonds. The molecule has 0 saturated carbocycles. The van der Waals surface area contributed by atoms with Crippen LogP contribution in [-0.2, 0) is 42.2 Å². The number of aliphatic hydroxyl groups excluding tert-OH is 1. The Morgan fingerprint density at radius 2 is 0.722 bits per heavy atom. The molecule has 0 rings (SSSR count). The van der Waals surface area contributed by atoms with Gasteiger partial charge in [0, 0.05) is 19.3 Å². The molecule has 0 aromatic rings. The van der Waals surface area contributed by atoms with E-state index in [9.17, 15) is 28.9 Å². The van der Waals surface area contributed by atoms with E-state index in [0.717, 1.165) is 77.0 Å². The lowest BCUT2D eigenvalue weighted by Crippen LogP contribution is -2.30. The summed E-state index contributed by atoms with van der Waals surface area (Å²) in [6, 6.07) is 0. The van der Waals surface area contributed by atoms with Gasteiger partial charge in [-0.05, 0) is 57.8 Å². The minimum absolute atomic E-state index is 0.0434. The maximum atomic E-state index is 12.9. The van der Waals surface area contributed by atoms with Crippen LogP contribution in [0.25, 0.3) is 0 Å². The van der Waals surface area contributed by atoms with Crippen molar-refractivity contribution in [1.29, 1.82) is 0 Å². The standard InChI is InChI=1S/C60H105O11P/c1-4-7-10-13-16-19-22-24-26-27-28-29-31-33-36-39-42-45-48-51-60(64)71-57(53-67-58(62)49-46-43-40-37-35-32-30-25-23-20-17-14-11-8-5-2)55-69-72(65,66)68-54-56(52-61)70-59(63)50-47-44-41-38-34-21-18-15-12-9-6-3/h7,10,16,19,24,26,28-29,33,36,42,45,56-57,61H,4-6,8-9,11-15,17-18,20-23,25,27,30-32,34-35,37-41,43-44,46-55H2,1-3H3,(H,65,66)/b10-7-,19-16-,26-24-,29-28-,36-33-,45-42-. The summed E-state index contributed by atoms with van der Waals surface area (Å²) >= 11 is 0. The van der Waals surface area contributed by atoms with Crippen molar-refractivity contribution in [2.75, 3.05) is 26.4 Å². The average molecular weight is 1030 g/mol. The quantitative estimate of drug-likeness (QED) is 0.0197. The molecule has 0 aliphatic heterocycles. The predicted octanol–water partition coefficient (Wildman–Crippen LogP) is 16.9. The Kier molecular flexibility index (Phi) is 51.9. The molecule has 2 N–H and O–H groups in total. The molecule has 0 aromatic heterocycles. The third-order valence-corrected chi connectivity index (χ3v) is 13.1. The lowest BCUT2D eigenvalue weighted by molar-refractivity contribution is -0.161. The van der Waals surface area contributed by atoms with Gasteiger partial charge in [0.1, 0.15) is 12.7 Å². The van der Waals surface area contributed by atoms with E-state index in [1.165, 1.54) is 116 Å².